The van der Waals surface area contributed by atoms with Gasteiger partial charge >= 0.3 is 0 Å². The highest BCUT2D eigenvalue weighted by atomic mass is 32.2. The first kappa shape index (κ1) is 18.7. The van der Waals surface area contributed by atoms with Crippen molar-refractivity contribution in [1.29, 1.82) is 0 Å². The minimum atomic E-state index is -3.54. The third-order valence-corrected chi connectivity index (χ3v) is 6.91. The van der Waals surface area contributed by atoms with E-state index in [-0.39, 0.29) is 10.8 Å². The molecule has 0 amide bonds. The Balaban J connectivity index is 1.99. The van der Waals surface area contributed by atoms with Crippen LogP contribution in [0, 0.1) is 0 Å². The van der Waals surface area contributed by atoms with Crippen LogP contribution in [0.2, 0.25) is 0 Å². The van der Waals surface area contributed by atoms with E-state index in [1.165, 1.54) is 18.4 Å². The summed E-state index contributed by atoms with van der Waals surface area (Å²) in [6.45, 7) is 8.74. The van der Waals surface area contributed by atoms with Gasteiger partial charge in [0.05, 0.1) is 11.3 Å². The third kappa shape index (κ3) is 3.57. The van der Waals surface area contributed by atoms with E-state index in [1.807, 2.05) is 24.4 Å². The number of hydrogen-bond acceptors (Lipinski definition) is 4. The molecule has 1 unspecified atom stereocenters. The predicted octanol–water partition coefficient (Wildman–Crippen LogP) is 2.85. The minimum Gasteiger partial charge on any atom is -0.391 e. The van der Waals surface area contributed by atoms with Crippen molar-refractivity contribution in [1.82, 2.24) is 14.8 Å². The monoisotopic (exact) mass is 373 g/mol. The van der Waals surface area contributed by atoms with Gasteiger partial charge in [0.25, 0.3) is 0 Å². The van der Waals surface area contributed by atoms with Crippen molar-refractivity contribution in [3.8, 4) is 0 Å². The normalized spacial score (nSPS) is 18.3. The first-order valence-electron chi connectivity index (χ1n) is 8.90. The van der Waals surface area contributed by atoms with Crippen LogP contribution in [0.1, 0.15) is 18.4 Å². The van der Waals surface area contributed by atoms with Gasteiger partial charge in [0.15, 0.2) is 9.84 Å². The lowest BCUT2D eigenvalue weighted by Gasteiger charge is -2.18. The van der Waals surface area contributed by atoms with Crippen LogP contribution in [0.15, 0.2) is 49.3 Å². The number of para-hydroxylation sites is 1. The molecule has 1 fully saturated rings. The molecule has 2 aromatic rings. The Hall–Kier alpha value is -2.05. The van der Waals surface area contributed by atoms with Crippen LogP contribution >= 0.6 is 0 Å². The largest absolute Gasteiger partial charge is 0.391 e. The molecule has 140 valence electrons. The SMILES string of the molecule is C=C(CS(=O)(=O)C(=C)n1cc(CC2CCCN2C)c2ccccc21)NC. The molecule has 5 nitrogen and oxygen atoms in total. The second-order valence-corrected chi connectivity index (χ2v) is 9.02. The molecule has 0 radical (unpaired) electrons. The summed E-state index contributed by atoms with van der Waals surface area (Å²) in [7, 11) is 0.280. The van der Waals surface area contributed by atoms with Crippen molar-refractivity contribution >= 4 is 25.8 Å². The van der Waals surface area contributed by atoms with Crippen LogP contribution in [0.3, 0.4) is 0 Å². The highest BCUT2D eigenvalue weighted by Gasteiger charge is 2.25. The van der Waals surface area contributed by atoms with Crippen LogP contribution < -0.4 is 5.32 Å². The Morgan fingerprint density at radius 2 is 2.04 bits per heavy atom. The molecule has 0 bridgehead atoms. The molecule has 0 saturated carbocycles. The summed E-state index contributed by atoms with van der Waals surface area (Å²) >= 11 is 0. The molecule has 1 atom stereocenters. The van der Waals surface area contributed by atoms with E-state index in [4.69, 9.17) is 0 Å². The lowest BCUT2D eigenvalue weighted by atomic mass is 10.0. The van der Waals surface area contributed by atoms with Gasteiger partial charge in [-0.1, -0.05) is 31.4 Å². The number of aromatic nitrogens is 1. The number of likely N-dealkylation sites (N-methyl/N-ethyl adjacent to an activating group) is 1. The molecule has 6 heteroatoms. The summed E-state index contributed by atoms with van der Waals surface area (Å²) in [5.74, 6) is -0.157. The van der Waals surface area contributed by atoms with E-state index >= 15 is 0 Å². The number of likely N-dealkylation sites (tertiary alicyclic amines) is 1. The van der Waals surface area contributed by atoms with E-state index in [0.717, 1.165) is 23.9 Å². The zero-order valence-electron chi connectivity index (χ0n) is 15.5. The van der Waals surface area contributed by atoms with Gasteiger partial charge in [0.1, 0.15) is 5.03 Å². The molecule has 1 aliphatic heterocycles. The van der Waals surface area contributed by atoms with E-state index < -0.39 is 9.84 Å². The Bertz CT molecular complexity index is 943. The fraction of sp³-hybridized carbons (Fsp3) is 0.400. The first-order chi connectivity index (χ1) is 12.3. The standard InChI is InChI=1S/C20H27N3O2S/c1-15(21-3)14-26(24,25)16(2)23-13-17(12-18-8-7-11-22(18)4)19-9-5-6-10-20(19)23/h5-6,9-10,13,18,21H,1-2,7-8,11-12,14H2,3-4H3. The zero-order chi connectivity index (χ0) is 18.9. The molecule has 0 aliphatic carbocycles. The highest BCUT2D eigenvalue weighted by Crippen LogP contribution is 2.29. The number of benzene rings is 1. The molecule has 26 heavy (non-hydrogen) atoms. The van der Waals surface area contributed by atoms with E-state index in [0.29, 0.717) is 11.7 Å². The molecule has 1 aromatic heterocycles. The Labute approximate surface area is 155 Å². The highest BCUT2D eigenvalue weighted by molar-refractivity contribution is 8.00. The van der Waals surface area contributed by atoms with Gasteiger partial charge in [0, 0.05) is 30.4 Å². The van der Waals surface area contributed by atoms with E-state index in [2.05, 4.69) is 36.5 Å². The number of hydrogen-bond donors (Lipinski definition) is 1. The average molecular weight is 374 g/mol. The third-order valence-electron chi connectivity index (χ3n) is 5.27. The molecule has 1 saturated heterocycles. The van der Waals surface area contributed by atoms with Gasteiger partial charge in [-0.05, 0) is 44.5 Å². The number of nitrogens with one attached hydrogen (secondary N) is 1. The summed E-state index contributed by atoms with van der Waals surface area (Å²) < 4.78 is 27.2. The summed E-state index contributed by atoms with van der Waals surface area (Å²) in [6.07, 6.45) is 5.25. The number of fused-ring (bicyclic) bond motifs is 1. The van der Waals surface area contributed by atoms with Crippen LogP contribution in [-0.2, 0) is 16.3 Å². The molecule has 2 heterocycles. The predicted molar refractivity (Wildman–Crippen MR) is 109 cm³/mol. The van der Waals surface area contributed by atoms with Gasteiger partial charge in [-0.3, -0.25) is 0 Å². The summed E-state index contributed by atoms with van der Waals surface area (Å²) in [4.78, 5) is 2.38. The molecule has 1 aromatic carbocycles. The van der Waals surface area contributed by atoms with Crippen molar-refractivity contribution in [3.63, 3.8) is 0 Å². The maximum Gasteiger partial charge on any atom is 0.199 e. The first-order valence-corrected chi connectivity index (χ1v) is 10.6. The van der Waals surface area contributed by atoms with Gasteiger partial charge in [0.2, 0.25) is 0 Å². The van der Waals surface area contributed by atoms with E-state index in [1.54, 1.807) is 11.6 Å². The number of nitrogens with zero attached hydrogens (tertiary/aromatic N) is 2. The summed E-state index contributed by atoms with van der Waals surface area (Å²) in [5, 5.41) is 3.98. The lowest BCUT2D eigenvalue weighted by molar-refractivity contribution is 0.310. The maximum absolute atomic E-state index is 12.7. The number of rotatable bonds is 7. The topological polar surface area (TPSA) is 54.3 Å². The van der Waals surface area contributed by atoms with Gasteiger partial charge < -0.3 is 14.8 Å². The molecule has 0 spiro atoms. The molecular weight excluding hydrogens is 346 g/mol. The summed E-state index contributed by atoms with van der Waals surface area (Å²) in [6, 6.07) is 8.43. The molecular formula is C20H27N3O2S. The van der Waals surface area contributed by atoms with Crippen LogP contribution in [0.5, 0.6) is 0 Å². The van der Waals surface area contributed by atoms with Crippen molar-refractivity contribution in [2.75, 3.05) is 26.4 Å². The Morgan fingerprint density at radius 1 is 1.31 bits per heavy atom. The lowest BCUT2D eigenvalue weighted by Crippen LogP contribution is -2.26. The van der Waals surface area contributed by atoms with Crippen molar-refractivity contribution < 1.29 is 8.42 Å². The molecule has 1 N–H and O–H groups in total. The second kappa shape index (κ2) is 7.29. The van der Waals surface area contributed by atoms with E-state index in [9.17, 15) is 8.42 Å². The van der Waals surface area contributed by atoms with Crippen molar-refractivity contribution in [2.45, 2.75) is 25.3 Å². The van der Waals surface area contributed by atoms with Crippen LogP contribution in [-0.4, -0.2) is 50.3 Å². The Morgan fingerprint density at radius 3 is 2.69 bits per heavy atom. The van der Waals surface area contributed by atoms with Crippen LogP contribution in [0.4, 0.5) is 0 Å². The molecule has 1 aliphatic rings. The Kier molecular flexibility index (Phi) is 5.25. The second-order valence-electron chi connectivity index (χ2n) is 7.03. The van der Waals surface area contributed by atoms with Gasteiger partial charge in [-0.25, -0.2) is 8.42 Å². The smallest absolute Gasteiger partial charge is 0.199 e. The number of sulfone groups is 1. The average Bonchev–Trinajstić information content (AvgIpc) is 3.18. The van der Waals surface area contributed by atoms with Crippen molar-refractivity contribution in [3.05, 3.63) is 54.9 Å². The minimum absolute atomic E-state index is 0.0936. The maximum atomic E-state index is 12.7. The summed E-state index contributed by atoms with van der Waals surface area (Å²) in [5.41, 5.74) is 2.50. The van der Waals surface area contributed by atoms with Gasteiger partial charge in [-0.2, -0.15) is 0 Å². The fourth-order valence-corrected chi connectivity index (χ4v) is 4.87. The van der Waals surface area contributed by atoms with Crippen LogP contribution in [0.25, 0.3) is 15.9 Å². The zero-order valence-corrected chi connectivity index (χ0v) is 16.3. The quantitative estimate of drug-likeness (QED) is 0.811. The van der Waals surface area contributed by atoms with Crippen molar-refractivity contribution in [2.24, 2.45) is 0 Å². The van der Waals surface area contributed by atoms with Gasteiger partial charge in [-0.15, -0.1) is 0 Å². The fourth-order valence-electron chi connectivity index (χ4n) is 3.64. The molecule has 3 rings (SSSR count).